The number of rotatable bonds is 10. The number of nitrogens with zero attached hydrogens (tertiary/aromatic N) is 5. The molecule has 0 atom stereocenters. The molecule has 3 heterocycles. The first-order valence-electron chi connectivity index (χ1n) is 30.3. The van der Waals surface area contributed by atoms with Crippen LogP contribution in [0.3, 0.4) is 0 Å². The molecule has 95 heavy (non-hydrogen) atoms. The van der Waals surface area contributed by atoms with Gasteiger partial charge in [-0.3, -0.25) is 33.6 Å². The molecular formula is C71H89Br2FN9NaO10Zn. The molecular weight excluding hydrogens is 1410 g/mol. The van der Waals surface area contributed by atoms with Crippen LogP contribution in [0.4, 0.5) is 10.1 Å². The summed E-state index contributed by atoms with van der Waals surface area (Å²) in [6.45, 7) is 26.3. The molecule has 4 aliphatic carbocycles. The monoisotopic (exact) mass is 1490 g/mol. The number of carbonyl (C=O) groups is 7. The van der Waals surface area contributed by atoms with Gasteiger partial charge in [-0.25, -0.2) is 4.39 Å². The van der Waals surface area contributed by atoms with E-state index >= 15 is 0 Å². The number of aromatic nitrogens is 3. The van der Waals surface area contributed by atoms with E-state index in [0.717, 1.165) is 91.8 Å². The van der Waals surface area contributed by atoms with Gasteiger partial charge in [0, 0.05) is 164 Å². The molecule has 0 aliphatic heterocycles. The van der Waals surface area contributed by atoms with Crippen molar-refractivity contribution in [2.75, 3.05) is 45.8 Å². The van der Waals surface area contributed by atoms with Crippen LogP contribution in [0.5, 0.6) is 0 Å². The molecule has 24 heteroatoms. The molecule has 19 nitrogen and oxygen atoms in total. The molecule has 0 bridgehead atoms. The summed E-state index contributed by atoms with van der Waals surface area (Å²) in [5.41, 5.74) is 23.5. The summed E-state index contributed by atoms with van der Waals surface area (Å²) >= 11 is 6.48. The van der Waals surface area contributed by atoms with E-state index in [1.807, 2.05) is 83.5 Å². The molecule has 1 amide bonds. The number of amides is 1. The molecule has 0 unspecified atom stereocenters. The van der Waals surface area contributed by atoms with Crippen LogP contribution in [-0.4, -0.2) is 107 Å². The average molecular weight is 1500 g/mol. The number of anilines is 1. The van der Waals surface area contributed by atoms with Gasteiger partial charge in [-0.15, -0.1) is 0 Å². The number of oxime groups is 1. The number of nitrogens with two attached hydrogens (primary N) is 2. The summed E-state index contributed by atoms with van der Waals surface area (Å²) in [6.07, 6.45) is 12.6. The Hall–Kier alpha value is -6.37. The number of nitrogens with one attached hydrogen (secondary N) is 2. The third kappa shape index (κ3) is 25.2. The van der Waals surface area contributed by atoms with Gasteiger partial charge in [-0.05, 0) is 165 Å². The number of carbonyl (C=O) groups excluding carboxylic acids is 7. The van der Waals surface area contributed by atoms with E-state index in [2.05, 4.69) is 109 Å². The van der Waals surface area contributed by atoms with Crippen molar-refractivity contribution in [1.82, 2.24) is 14.1 Å². The first-order chi connectivity index (χ1) is 43.5. The number of methoxy groups -OCH3 is 2. The Morgan fingerprint density at radius 2 is 1.14 bits per heavy atom. The summed E-state index contributed by atoms with van der Waals surface area (Å²) in [6, 6.07) is 19.2. The second-order valence-electron chi connectivity index (χ2n) is 26.6. The van der Waals surface area contributed by atoms with Gasteiger partial charge in [-0.1, -0.05) is 60.5 Å². The second kappa shape index (κ2) is 38.0. The van der Waals surface area contributed by atoms with E-state index in [4.69, 9.17) is 31.9 Å². The van der Waals surface area contributed by atoms with Crippen LogP contribution in [-0.2, 0) is 62.6 Å². The smallest absolute Gasteiger partial charge is 1.00 e. The molecule has 1 saturated carbocycles. The SMILES string of the molecule is CC(=O)/C=N/O.CC1(C)CC(=O)CC(=O)C1.COCCN.COCCNc1cc(-n2cc(C)c3c2CC(C)(C)CC3=O)ccc1C(N)=O.Cc1c[nH]c2c1C(=O)CC(C)(C)C2.Cc1cn(-c2ccc(C#N)c(Br)c2)c2c1C(=O)CC(C)(C)C2.N#Cc1ccc(F)cc1Br.[H-].[Na+].[Zn]. The van der Waals surface area contributed by atoms with Gasteiger partial charge in [0.05, 0.1) is 36.3 Å². The van der Waals surface area contributed by atoms with Crippen molar-refractivity contribution in [3.63, 3.8) is 0 Å². The maximum atomic E-state index is 12.7. The normalized spacial score (nSPS) is 15.5. The van der Waals surface area contributed by atoms with Gasteiger partial charge in [0.15, 0.2) is 23.1 Å². The number of ketones is 6. The number of nitriles is 2. The fourth-order valence-corrected chi connectivity index (χ4v) is 12.4. The zero-order valence-electron chi connectivity index (χ0n) is 58.6. The molecule has 4 aliphatic rings. The molecule has 10 rings (SSSR count). The Balaban J connectivity index is 0.000000598. The summed E-state index contributed by atoms with van der Waals surface area (Å²) in [5, 5.41) is 30.7. The van der Waals surface area contributed by atoms with E-state index in [-0.39, 0.29) is 113 Å². The van der Waals surface area contributed by atoms with Crippen LogP contribution < -0.4 is 46.3 Å². The van der Waals surface area contributed by atoms with Crippen LogP contribution >= 0.6 is 31.9 Å². The van der Waals surface area contributed by atoms with Crippen molar-refractivity contribution >= 4 is 84.4 Å². The number of Topliss-reactive ketones (excluding diaryl/α,β-unsaturated/α-hetero) is 6. The van der Waals surface area contributed by atoms with E-state index in [9.17, 15) is 38.0 Å². The Morgan fingerprint density at radius 3 is 1.54 bits per heavy atom. The minimum atomic E-state index is -0.483. The van der Waals surface area contributed by atoms with Crippen molar-refractivity contribution in [2.24, 2.45) is 38.3 Å². The van der Waals surface area contributed by atoms with Gasteiger partial charge in [0.1, 0.15) is 35.7 Å². The first-order valence-corrected chi connectivity index (χ1v) is 31.9. The van der Waals surface area contributed by atoms with Crippen molar-refractivity contribution in [3.05, 3.63) is 155 Å². The molecule has 1 fully saturated rings. The predicted octanol–water partition coefficient (Wildman–Crippen LogP) is 10.7. The van der Waals surface area contributed by atoms with Gasteiger partial charge in [0.25, 0.3) is 5.91 Å². The Kier molecular flexibility index (Phi) is 33.9. The fraction of sp³-hybridized carbons (Fsp3) is 0.437. The average Bonchev–Trinajstić information content (AvgIpc) is 1.60. The topological polar surface area (TPSA) is 308 Å². The number of hydrogen-bond acceptors (Lipinski definition) is 15. The zero-order chi connectivity index (χ0) is 69.9. The molecule has 502 valence electrons. The predicted molar refractivity (Wildman–Crippen MR) is 367 cm³/mol. The molecule has 7 N–H and O–H groups in total. The quantitative estimate of drug-likeness (QED) is 0.0213. The number of ether oxygens (including phenoxy) is 2. The Bertz CT molecular complexity index is 3840. The van der Waals surface area contributed by atoms with E-state index in [1.165, 1.54) is 25.1 Å². The minimum absolute atomic E-state index is 0. The first kappa shape index (κ1) is 84.7. The van der Waals surface area contributed by atoms with Crippen LogP contribution in [0.1, 0.15) is 189 Å². The minimum Gasteiger partial charge on any atom is -1.00 e. The molecule has 6 aromatic rings. The number of hydrogen-bond donors (Lipinski definition) is 5. The zero-order valence-corrected chi connectivity index (χ0v) is 65.7. The Morgan fingerprint density at radius 1 is 0.695 bits per heavy atom. The molecule has 3 aromatic carbocycles. The summed E-state index contributed by atoms with van der Waals surface area (Å²) in [5.74, 6) is -0.153. The number of aryl methyl sites for hydroxylation is 3. The number of fused-ring (bicyclic) bond motifs is 3. The fourth-order valence-electron chi connectivity index (χ4n) is 11.5. The van der Waals surface area contributed by atoms with Crippen molar-refractivity contribution in [1.29, 1.82) is 10.5 Å². The summed E-state index contributed by atoms with van der Waals surface area (Å²) < 4.78 is 27.4. The number of halogens is 3. The van der Waals surface area contributed by atoms with E-state index in [0.29, 0.717) is 91.0 Å². The molecule has 0 spiro atoms. The second-order valence-corrected chi connectivity index (χ2v) is 28.3. The van der Waals surface area contributed by atoms with Gasteiger partial charge >= 0.3 is 29.6 Å². The van der Waals surface area contributed by atoms with Crippen LogP contribution in [0.25, 0.3) is 11.4 Å². The standard InChI is InChI=1S/C21H27N3O3.C18H17BrN2O.C11H15NO.C8H12O2.C7H3BrFN.C3H5NO2.C3H9NO.Na.Zn.H/c1-13-12-24(17-10-21(2,3)11-18(25)19(13)17)14-5-6-15(20(22)26)16(9-14)23-7-8-27-4;1-11-10-21(13-5-4-12(9-20)14(19)6-13)15-7-18(2,3)8-16(22)17(11)15;1-7-6-12-8-4-11(2,3)5-9(13)10(7)8;1-8(2)4-6(9)3-7(10)5-8;8-7-3-6(9)2-1-5(7)4-10;1-3(5)2-4-6;1-5-3-2-4;;;/h5-6,9,12,23H,7-8,10-11H2,1-4H3,(H2,22,26);4-6,10H,7-8H2,1-3H3;6,12H,4-5H2,1-3H3;3-5H2,1-2H3;1-3H;2,6H,1H3;2-4H2,1H3;;;/q;;;;;;;+1;;-1/b;;;;;4-2+;;;;. The van der Waals surface area contributed by atoms with E-state index < -0.39 is 5.91 Å². The van der Waals surface area contributed by atoms with E-state index in [1.54, 1.807) is 26.4 Å². The van der Waals surface area contributed by atoms with Crippen molar-refractivity contribution in [2.45, 2.75) is 141 Å². The number of primary amides is 1. The van der Waals surface area contributed by atoms with Crippen LogP contribution in [0.15, 0.2) is 87.3 Å². The van der Waals surface area contributed by atoms with Crippen LogP contribution in [0, 0.1) is 70.9 Å². The van der Waals surface area contributed by atoms with Gasteiger partial charge in [-0.2, -0.15) is 10.5 Å². The summed E-state index contributed by atoms with van der Waals surface area (Å²) in [7, 11) is 3.26. The third-order valence-corrected chi connectivity index (χ3v) is 16.6. The van der Waals surface area contributed by atoms with Gasteiger partial charge < -0.3 is 47.0 Å². The Labute approximate surface area is 610 Å². The molecule has 0 saturated heterocycles. The van der Waals surface area contributed by atoms with Crippen molar-refractivity contribution < 1.29 is 103 Å². The number of benzene rings is 3. The maximum Gasteiger partial charge on any atom is 1.00 e. The molecule has 3 aromatic heterocycles. The summed E-state index contributed by atoms with van der Waals surface area (Å²) in [4.78, 5) is 83.3. The third-order valence-electron chi connectivity index (χ3n) is 15.3. The van der Waals surface area contributed by atoms with Crippen molar-refractivity contribution in [3.8, 4) is 23.5 Å². The van der Waals surface area contributed by atoms with Gasteiger partial charge in [0.2, 0.25) is 0 Å². The largest absolute Gasteiger partial charge is 1.00 e. The maximum absolute atomic E-state index is 12.7. The van der Waals surface area contributed by atoms with Crippen LogP contribution in [0.2, 0.25) is 0 Å². The number of aromatic amines is 1. The number of H-pyrrole nitrogens is 1. The molecule has 0 radical (unpaired) electrons.